The van der Waals surface area contributed by atoms with Crippen LogP contribution in [-0.2, 0) is 13.1 Å². The van der Waals surface area contributed by atoms with Crippen molar-refractivity contribution in [2.24, 2.45) is 0 Å². The first-order valence-corrected chi connectivity index (χ1v) is 5.71. The fourth-order valence-electron chi connectivity index (χ4n) is 1.62. The van der Waals surface area contributed by atoms with Gasteiger partial charge in [-0.25, -0.2) is 4.79 Å². The van der Waals surface area contributed by atoms with E-state index in [4.69, 9.17) is 5.73 Å². The van der Waals surface area contributed by atoms with Gasteiger partial charge in [-0.1, -0.05) is 19.8 Å². The summed E-state index contributed by atoms with van der Waals surface area (Å²) in [4.78, 5) is 23.5. The maximum Gasteiger partial charge on any atom is 0.331 e. The van der Waals surface area contributed by atoms with Gasteiger partial charge in [0.25, 0.3) is 5.56 Å². The Morgan fingerprint density at radius 1 is 1.25 bits per heavy atom. The van der Waals surface area contributed by atoms with Gasteiger partial charge in [-0.3, -0.25) is 13.9 Å². The molecule has 0 unspecified atom stereocenters. The third kappa shape index (κ3) is 2.53. The average molecular weight is 225 g/mol. The summed E-state index contributed by atoms with van der Waals surface area (Å²) in [6.45, 7) is 4.90. The van der Waals surface area contributed by atoms with Crippen molar-refractivity contribution in [1.82, 2.24) is 9.13 Å². The zero-order valence-electron chi connectivity index (χ0n) is 9.90. The highest BCUT2D eigenvalue weighted by atomic mass is 16.2. The van der Waals surface area contributed by atoms with Crippen LogP contribution in [0, 0.1) is 0 Å². The van der Waals surface area contributed by atoms with Gasteiger partial charge in [0.05, 0.1) is 0 Å². The molecule has 0 saturated heterocycles. The maximum atomic E-state index is 11.8. The Kier molecular flexibility index (Phi) is 4.34. The topological polar surface area (TPSA) is 70.0 Å². The number of aromatic nitrogens is 2. The molecule has 5 heteroatoms. The van der Waals surface area contributed by atoms with Crippen LogP contribution in [0.25, 0.3) is 0 Å². The monoisotopic (exact) mass is 225 g/mol. The fraction of sp³-hybridized carbons (Fsp3) is 0.636. The highest BCUT2D eigenvalue weighted by Crippen LogP contribution is 1.96. The first-order valence-electron chi connectivity index (χ1n) is 5.71. The van der Waals surface area contributed by atoms with Crippen LogP contribution in [0.4, 0.5) is 5.69 Å². The molecule has 0 radical (unpaired) electrons. The minimum Gasteiger partial charge on any atom is -0.393 e. The Hall–Kier alpha value is -1.52. The summed E-state index contributed by atoms with van der Waals surface area (Å²) in [7, 11) is 0. The maximum absolute atomic E-state index is 11.8. The van der Waals surface area contributed by atoms with Gasteiger partial charge in [0, 0.05) is 19.3 Å². The lowest BCUT2D eigenvalue weighted by molar-refractivity contribution is 0.530. The second-order valence-corrected chi connectivity index (χ2v) is 3.82. The number of nitrogens with two attached hydrogens (primary N) is 1. The van der Waals surface area contributed by atoms with Crippen molar-refractivity contribution in [3.63, 3.8) is 0 Å². The molecule has 0 saturated carbocycles. The normalized spacial score (nSPS) is 10.6. The van der Waals surface area contributed by atoms with Crippen LogP contribution in [0.5, 0.6) is 0 Å². The predicted molar refractivity (Wildman–Crippen MR) is 64.6 cm³/mol. The summed E-state index contributed by atoms with van der Waals surface area (Å²) in [6.07, 6.45) is 4.31. The number of nitrogen functional groups attached to an aromatic ring is 1. The van der Waals surface area contributed by atoms with Gasteiger partial charge in [-0.2, -0.15) is 0 Å². The Labute approximate surface area is 94.5 Å². The van der Waals surface area contributed by atoms with E-state index < -0.39 is 0 Å². The predicted octanol–water partition coefficient (Wildman–Crippen LogP) is 0.802. The van der Waals surface area contributed by atoms with Crippen molar-refractivity contribution < 1.29 is 0 Å². The highest BCUT2D eigenvalue weighted by molar-refractivity contribution is 5.30. The molecule has 0 bridgehead atoms. The molecule has 1 heterocycles. The molecule has 1 aromatic heterocycles. The van der Waals surface area contributed by atoms with E-state index in [-0.39, 0.29) is 16.9 Å². The molecule has 1 aromatic rings. The van der Waals surface area contributed by atoms with Crippen molar-refractivity contribution in [2.75, 3.05) is 5.73 Å². The van der Waals surface area contributed by atoms with Crippen molar-refractivity contribution in [3.8, 4) is 0 Å². The number of hydrogen-bond donors (Lipinski definition) is 1. The Balaban J connectivity index is 3.10. The third-order valence-electron chi connectivity index (χ3n) is 2.59. The van der Waals surface area contributed by atoms with Crippen LogP contribution in [0.1, 0.15) is 33.1 Å². The van der Waals surface area contributed by atoms with Crippen LogP contribution in [0.3, 0.4) is 0 Å². The molecule has 0 fully saturated rings. The first-order chi connectivity index (χ1) is 7.61. The fourth-order valence-corrected chi connectivity index (χ4v) is 1.62. The van der Waals surface area contributed by atoms with E-state index in [1.54, 1.807) is 0 Å². The van der Waals surface area contributed by atoms with Crippen LogP contribution in [-0.4, -0.2) is 9.13 Å². The first kappa shape index (κ1) is 12.5. The molecule has 0 aliphatic carbocycles. The molecule has 0 aliphatic heterocycles. The summed E-state index contributed by atoms with van der Waals surface area (Å²) in [5.41, 5.74) is 5.08. The summed E-state index contributed by atoms with van der Waals surface area (Å²) in [5, 5.41) is 0. The van der Waals surface area contributed by atoms with E-state index in [0.29, 0.717) is 13.1 Å². The van der Waals surface area contributed by atoms with Gasteiger partial charge in [0.1, 0.15) is 5.69 Å². The lowest BCUT2D eigenvalue weighted by Crippen LogP contribution is -2.40. The van der Waals surface area contributed by atoms with Crippen LogP contribution in [0.2, 0.25) is 0 Å². The molecule has 0 amide bonds. The molecule has 0 aromatic carbocycles. The molecular formula is C11H19N3O2. The number of nitrogens with zero attached hydrogens (tertiary/aromatic N) is 2. The van der Waals surface area contributed by atoms with E-state index in [9.17, 15) is 9.59 Å². The lowest BCUT2D eigenvalue weighted by Gasteiger charge is -2.09. The molecule has 2 N–H and O–H groups in total. The molecular weight excluding hydrogens is 206 g/mol. The van der Waals surface area contributed by atoms with E-state index in [2.05, 4.69) is 6.92 Å². The molecule has 90 valence electrons. The van der Waals surface area contributed by atoms with Gasteiger partial charge >= 0.3 is 5.69 Å². The molecule has 0 aliphatic rings. The van der Waals surface area contributed by atoms with E-state index >= 15 is 0 Å². The van der Waals surface area contributed by atoms with Gasteiger partial charge in [0.2, 0.25) is 0 Å². The quantitative estimate of drug-likeness (QED) is 0.754. The summed E-state index contributed by atoms with van der Waals surface area (Å²) in [6, 6.07) is 0. The van der Waals surface area contributed by atoms with Crippen molar-refractivity contribution in [1.29, 1.82) is 0 Å². The second-order valence-electron chi connectivity index (χ2n) is 3.82. The van der Waals surface area contributed by atoms with E-state index in [1.165, 1.54) is 15.3 Å². The number of hydrogen-bond acceptors (Lipinski definition) is 3. The number of aryl methyl sites for hydroxylation is 1. The minimum atomic E-state index is -0.370. The molecule has 1 rings (SSSR count). The van der Waals surface area contributed by atoms with E-state index in [1.807, 2.05) is 6.92 Å². The average Bonchev–Trinajstić information content (AvgIpc) is 2.28. The highest BCUT2D eigenvalue weighted by Gasteiger charge is 2.07. The largest absolute Gasteiger partial charge is 0.393 e. The molecule has 16 heavy (non-hydrogen) atoms. The SMILES string of the molecule is CCCCCn1c(=O)c(N)cn(CC)c1=O. The standard InChI is InChI=1S/C11H19N3O2/c1-3-5-6-7-14-10(15)9(12)8-13(4-2)11(14)16/h8H,3-7,12H2,1-2H3. The van der Waals surface area contributed by atoms with Crippen LogP contribution < -0.4 is 17.0 Å². The lowest BCUT2D eigenvalue weighted by atomic mass is 10.2. The summed E-state index contributed by atoms with van der Waals surface area (Å²) >= 11 is 0. The zero-order chi connectivity index (χ0) is 12.1. The number of anilines is 1. The van der Waals surface area contributed by atoms with Gasteiger partial charge in [-0.05, 0) is 13.3 Å². The van der Waals surface area contributed by atoms with Gasteiger partial charge in [0.15, 0.2) is 0 Å². The zero-order valence-corrected chi connectivity index (χ0v) is 9.90. The minimum absolute atomic E-state index is 0.137. The van der Waals surface area contributed by atoms with Crippen molar-refractivity contribution in [3.05, 3.63) is 27.0 Å². The molecule has 0 atom stereocenters. The Bertz CT molecular complexity index is 459. The van der Waals surface area contributed by atoms with Crippen molar-refractivity contribution >= 4 is 5.69 Å². The third-order valence-corrected chi connectivity index (χ3v) is 2.59. The number of rotatable bonds is 5. The summed E-state index contributed by atoms with van der Waals surface area (Å²) < 4.78 is 2.69. The van der Waals surface area contributed by atoms with Crippen LogP contribution in [0.15, 0.2) is 15.8 Å². The van der Waals surface area contributed by atoms with Gasteiger partial charge < -0.3 is 5.73 Å². The Morgan fingerprint density at radius 3 is 2.50 bits per heavy atom. The smallest absolute Gasteiger partial charge is 0.331 e. The summed E-state index contributed by atoms with van der Waals surface area (Å²) in [5.74, 6) is 0. The Morgan fingerprint density at radius 2 is 1.94 bits per heavy atom. The molecule has 0 spiro atoms. The second kappa shape index (κ2) is 5.53. The van der Waals surface area contributed by atoms with Crippen molar-refractivity contribution in [2.45, 2.75) is 46.2 Å². The number of unbranched alkanes of at least 4 members (excludes halogenated alkanes) is 2. The van der Waals surface area contributed by atoms with Crippen LogP contribution >= 0.6 is 0 Å². The van der Waals surface area contributed by atoms with Gasteiger partial charge in [-0.15, -0.1) is 0 Å². The van der Waals surface area contributed by atoms with E-state index in [0.717, 1.165) is 19.3 Å². The molecule has 5 nitrogen and oxygen atoms in total.